The number of carbonyl (C=O) groups excluding carboxylic acids is 2. The number of carbonyl (C=O) groups is 2. The first-order valence-electron chi connectivity index (χ1n) is 13.6. The van der Waals surface area contributed by atoms with Crippen molar-refractivity contribution in [1.29, 1.82) is 0 Å². The van der Waals surface area contributed by atoms with E-state index in [1.165, 1.54) is 0 Å². The lowest BCUT2D eigenvalue weighted by Gasteiger charge is -2.34. The Morgan fingerprint density at radius 2 is 1.35 bits per heavy atom. The Labute approximate surface area is 233 Å². The maximum Gasteiger partial charge on any atom is 0.334 e. The Morgan fingerprint density at radius 1 is 0.825 bits per heavy atom. The summed E-state index contributed by atoms with van der Waals surface area (Å²) < 4.78 is 10.9. The molecule has 8 heteroatoms. The molecule has 3 aromatic carbocycles. The van der Waals surface area contributed by atoms with Gasteiger partial charge in [-0.2, -0.15) is 0 Å². The summed E-state index contributed by atoms with van der Waals surface area (Å²) in [5.41, 5.74) is 1.93. The molecule has 0 bridgehead atoms. The molecule has 1 fully saturated rings. The highest BCUT2D eigenvalue weighted by molar-refractivity contribution is 5.93. The van der Waals surface area contributed by atoms with Gasteiger partial charge in [-0.3, -0.25) is 4.79 Å². The molecule has 1 saturated carbocycles. The van der Waals surface area contributed by atoms with Crippen LogP contribution in [0.4, 0.5) is 0 Å². The highest BCUT2D eigenvalue weighted by atomic mass is 16.5. The van der Waals surface area contributed by atoms with E-state index in [-0.39, 0.29) is 30.5 Å². The molecular formula is C32H32N4O4. The van der Waals surface area contributed by atoms with Crippen molar-refractivity contribution < 1.29 is 19.1 Å². The maximum atomic E-state index is 12.6. The van der Waals surface area contributed by atoms with Gasteiger partial charge in [0.15, 0.2) is 12.1 Å². The zero-order valence-corrected chi connectivity index (χ0v) is 22.3. The van der Waals surface area contributed by atoms with Crippen LogP contribution in [-0.4, -0.2) is 38.2 Å². The molecule has 1 aliphatic rings. The van der Waals surface area contributed by atoms with Gasteiger partial charge in [0, 0.05) is 5.57 Å². The van der Waals surface area contributed by atoms with Crippen molar-refractivity contribution >= 4 is 11.9 Å². The minimum atomic E-state index is -0.925. The van der Waals surface area contributed by atoms with E-state index in [4.69, 9.17) is 9.47 Å². The largest absolute Gasteiger partial charge is 0.462 e. The van der Waals surface area contributed by atoms with Gasteiger partial charge in [0.2, 0.25) is 5.82 Å². The fourth-order valence-corrected chi connectivity index (χ4v) is 5.22. The molecule has 0 radical (unpaired) electrons. The van der Waals surface area contributed by atoms with Crippen LogP contribution in [0.5, 0.6) is 0 Å². The van der Waals surface area contributed by atoms with Crippen LogP contribution in [-0.2, 0) is 31.2 Å². The molecule has 0 unspecified atom stereocenters. The predicted octanol–water partition coefficient (Wildman–Crippen LogP) is 5.38. The maximum absolute atomic E-state index is 12.6. The minimum absolute atomic E-state index is 0.0282. The van der Waals surface area contributed by atoms with E-state index in [2.05, 4.69) is 22.0 Å². The average Bonchev–Trinajstić information content (AvgIpc) is 3.47. The van der Waals surface area contributed by atoms with Crippen LogP contribution in [0.25, 0.3) is 0 Å². The summed E-state index contributed by atoms with van der Waals surface area (Å²) in [6.45, 7) is 3.51. The molecule has 5 rings (SSSR count). The molecule has 40 heavy (non-hydrogen) atoms. The minimum Gasteiger partial charge on any atom is -0.462 e. The molecule has 8 nitrogen and oxygen atoms in total. The number of ether oxygens (including phenoxy) is 2. The highest BCUT2D eigenvalue weighted by Crippen LogP contribution is 2.39. The van der Waals surface area contributed by atoms with Crippen LogP contribution in [0.2, 0.25) is 0 Å². The summed E-state index contributed by atoms with van der Waals surface area (Å²) in [4.78, 5) is 26.5. The topological polar surface area (TPSA) is 96.2 Å². The molecule has 0 saturated heterocycles. The zero-order chi connectivity index (χ0) is 27.8. The van der Waals surface area contributed by atoms with Crippen molar-refractivity contribution in [2.75, 3.05) is 0 Å². The number of rotatable bonds is 10. The lowest BCUT2D eigenvalue weighted by molar-refractivity contribution is -0.151. The molecule has 1 heterocycles. The third-order valence-corrected chi connectivity index (χ3v) is 7.16. The van der Waals surface area contributed by atoms with Crippen LogP contribution in [0.15, 0.2) is 103 Å². The van der Waals surface area contributed by atoms with Gasteiger partial charge in [0.25, 0.3) is 0 Å². The molecule has 204 valence electrons. The van der Waals surface area contributed by atoms with E-state index < -0.39 is 17.5 Å². The summed E-state index contributed by atoms with van der Waals surface area (Å²) in [6.07, 6.45) is 4.69. The van der Waals surface area contributed by atoms with Crippen molar-refractivity contribution in [2.45, 2.75) is 56.8 Å². The molecule has 0 atom stereocenters. The monoisotopic (exact) mass is 536 g/mol. The lowest BCUT2D eigenvalue weighted by Crippen LogP contribution is -2.39. The summed E-state index contributed by atoms with van der Waals surface area (Å²) >= 11 is 0. The van der Waals surface area contributed by atoms with Gasteiger partial charge in [-0.05, 0) is 47.6 Å². The van der Waals surface area contributed by atoms with Gasteiger partial charge in [-0.1, -0.05) is 104 Å². The van der Waals surface area contributed by atoms with Crippen LogP contribution in [0.1, 0.15) is 61.0 Å². The Balaban J connectivity index is 1.35. The van der Waals surface area contributed by atoms with Crippen LogP contribution >= 0.6 is 0 Å². The number of hydrogen-bond donors (Lipinski definition) is 0. The van der Waals surface area contributed by atoms with E-state index >= 15 is 0 Å². The summed E-state index contributed by atoms with van der Waals surface area (Å²) in [5.74, 6) is -0.938. The molecule has 1 aromatic heterocycles. The number of benzene rings is 3. The number of esters is 2. The second kappa shape index (κ2) is 12.5. The van der Waals surface area contributed by atoms with Crippen LogP contribution in [0, 0.1) is 0 Å². The van der Waals surface area contributed by atoms with Gasteiger partial charge in [-0.15, -0.1) is 15.0 Å². The van der Waals surface area contributed by atoms with Gasteiger partial charge < -0.3 is 9.47 Å². The Morgan fingerprint density at radius 3 is 1.88 bits per heavy atom. The average molecular weight is 537 g/mol. The van der Waals surface area contributed by atoms with Gasteiger partial charge in [-0.25, -0.2) is 4.79 Å². The van der Waals surface area contributed by atoms with E-state index in [1.54, 1.807) is 4.80 Å². The third kappa shape index (κ3) is 5.86. The summed E-state index contributed by atoms with van der Waals surface area (Å²) in [7, 11) is 0. The second-order valence-corrected chi connectivity index (χ2v) is 9.91. The fourth-order valence-electron chi connectivity index (χ4n) is 5.22. The SMILES string of the molecule is C=C(CC(=O)OC1CCCCC1)C(=O)OCc1nnn(C(c2ccccc2)(c2ccccc2)c2ccccc2)n1. The highest BCUT2D eigenvalue weighted by Gasteiger charge is 2.41. The van der Waals surface area contributed by atoms with Gasteiger partial charge in [0.1, 0.15) is 6.10 Å². The van der Waals surface area contributed by atoms with Crippen molar-refractivity contribution in [1.82, 2.24) is 20.2 Å². The number of tetrazole rings is 1. The van der Waals surface area contributed by atoms with Crippen molar-refractivity contribution in [3.8, 4) is 0 Å². The van der Waals surface area contributed by atoms with Crippen molar-refractivity contribution in [3.63, 3.8) is 0 Å². The summed E-state index contributed by atoms with van der Waals surface area (Å²) in [5, 5.41) is 13.3. The van der Waals surface area contributed by atoms with Crippen molar-refractivity contribution in [3.05, 3.63) is 126 Å². The number of hydrogen-bond acceptors (Lipinski definition) is 7. The Kier molecular flexibility index (Phi) is 8.44. The van der Waals surface area contributed by atoms with E-state index in [9.17, 15) is 9.59 Å². The van der Waals surface area contributed by atoms with E-state index in [0.29, 0.717) is 0 Å². The normalized spacial score (nSPS) is 13.9. The first-order chi connectivity index (χ1) is 19.6. The molecule has 1 aliphatic carbocycles. The Hall–Kier alpha value is -4.59. The molecule has 4 aromatic rings. The number of aromatic nitrogens is 4. The third-order valence-electron chi connectivity index (χ3n) is 7.16. The van der Waals surface area contributed by atoms with E-state index in [0.717, 1.165) is 48.8 Å². The van der Waals surface area contributed by atoms with Crippen molar-refractivity contribution in [2.24, 2.45) is 0 Å². The zero-order valence-electron chi connectivity index (χ0n) is 22.3. The second-order valence-electron chi connectivity index (χ2n) is 9.91. The number of nitrogens with zero attached hydrogens (tertiary/aromatic N) is 4. The van der Waals surface area contributed by atoms with Gasteiger partial charge in [0.05, 0.1) is 6.42 Å². The molecule has 0 spiro atoms. The standard InChI is InChI=1S/C32H32N4O4/c1-24(22-30(37)40-28-20-12-5-13-21-28)31(38)39-23-29-33-35-36(34-29)32(25-14-6-2-7-15-25,26-16-8-3-9-17-26)27-18-10-4-11-19-27/h2-4,6-11,14-19,28H,1,5,12-13,20-23H2. The molecule has 0 aliphatic heterocycles. The molecule has 0 N–H and O–H groups in total. The molecule has 0 amide bonds. The fraction of sp³-hybridized carbons (Fsp3) is 0.281. The Bertz CT molecular complexity index is 1330. The first kappa shape index (κ1) is 27.0. The van der Waals surface area contributed by atoms with E-state index in [1.807, 2.05) is 91.0 Å². The quantitative estimate of drug-likeness (QED) is 0.153. The van der Waals surface area contributed by atoms with Gasteiger partial charge >= 0.3 is 11.9 Å². The van der Waals surface area contributed by atoms with Crippen LogP contribution < -0.4 is 0 Å². The van der Waals surface area contributed by atoms with Crippen LogP contribution in [0.3, 0.4) is 0 Å². The summed E-state index contributed by atoms with van der Waals surface area (Å²) in [6, 6.07) is 29.9. The predicted molar refractivity (Wildman–Crippen MR) is 149 cm³/mol. The first-order valence-corrected chi connectivity index (χ1v) is 13.6. The molecular weight excluding hydrogens is 504 g/mol. The smallest absolute Gasteiger partial charge is 0.334 e. The lowest BCUT2D eigenvalue weighted by atomic mass is 9.77.